The maximum atomic E-state index is 13.3. The van der Waals surface area contributed by atoms with Gasteiger partial charge in [-0.2, -0.15) is 4.98 Å². The first-order chi connectivity index (χ1) is 14.4. The first-order valence-electron chi connectivity index (χ1n) is 8.99. The van der Waals surface area contributed by atoms with E-state index in [1.165, 1.54) is 24.3 Å². The molecule has 0 saturated heterocycles. The highest BCUT2D eigenvalue weighted by Gasteiger charge is 2.28. The Balaban J connectivity index is 1.76. The molecule has 30 heavy (non-hydrogen) atoms. The third kappa shape index (κ3) is 4.08. The summed E-state index contributed by atoms with van der Waals surface area (Å²) in [6.45, 7) is 0.296. The Morgan fingerprint density at radius 3 is 2.07 bits per heavy atom. The number of oxazole rings is 1. The molecule has 0 aliphatic carbocycles. The van der Waals surface area contributed by atoms with Crippen molar-refractivity contribution in [1.29, 1.82) is 0 Å². The van der Waals surface area contributed by atoms with E-state index in [9.17, 15) is 17.2 Å². The Bertz CT molecular complexity index is 1250. The van der Waals surface area contributed by atoms with Gasteiger partial charge in [0.25, 0.3) is 0 Å². The van der Waals surface area contributed by atoms with Crippen LogP contribution in [0.3, 0.4) is 0 Å². The second-order valence-corrected chi connectivity index (χ2v) is 8.32. The van der Waals surface area contributed by atoms with Crippen molar-refractivity contribution in [2.24, 2.45) is 0 Å². The van der Waals surface area contributed by atoms with E-state index in [-0.39, 0.29) is 21.7 Å². The van der Waals surface area contributed by atoms with Crippen molar-refractivity contribution in [2.45, 2.75) is 16.5 Å². The van der Waals surface area contributed by atoms with E-state index in [0.29, 0.717) is 12.1 Å². The molecule has 0 saturated carbocycles. The molecule has 0 spiro atoms. The van der Waals surface area contributed by atoms with Gasteiger partial charge in [-0.1, -0.05) is 30.3 Å². The SMILES string of the molecule is O=S(=O)(c1ccc(F)cc1)c1nc(-c2ccc(F)cc2)oc1NCc1ccccc1. The number of nitrogens with one attached hydrogen (secondary N) is 1. The number of sulfone groups is 1. The number of halogens is 2. The van der Waals surface area contributed by atoms with Crippen LogP contribution in [0.25, 0.3) is 11.5 Å². The van der Waals surface area contributed by atoms with E-state index in [2.05, 4.69) is 10.3 Å². The van der Waals surface area contributed by atoms with E-state index >= 15 is 0 Å². The fourth-order valence-electron chi connectivity index (χ4n) is 2.82. The van der Waals surface area contributed by atoms with Crippen molar-refractivity contribution >= 4 is 15.7 Å². The lowest BCUT2D eigenvalue weighted by atomic mass is 10.2. The number of hydrogen-bond donors (Lipinski definition) is 1. The van der Waals surface area contributed by atoms with Gasteiger partial charge < -0.3 is 9.73 Å². The van der Waals surface area contributed by atoms with Crippen molar-refractivity contribution in [1.82, 2.24) is 4.98 Å². The molecule has 4 rings (SSSR count). The molecule has 0 amide bonds. The van der Waals surface area contributed by atoms with Crippen LogP contribution >= 0.6 is 0 Å². The van der Waals surface area contributed by atoms with Crippen LogP contribution in [0.2, 0.25) is 0 Å². The smallest absolute Gasteiger partial charge is 0.234 e. The molecular formula is C22H16F2N2O3S. The summed E-state index contributed by atoms with van der Waals surface area (Å²) in [4.78, 5) is 4.04. The predicted octanol–water partition coefficient (Wildman–Crippen LogP) is 5.06. The van der Waals surface area contributed by atoms with Gasteiger partial charge in [0.15, 0.2) is 0 Å². The van der Waals surface area contributed by atoms with E-state index in [1.54, 1.807) is 0 Å². The van der Waals surface area contributed by atoms with Crippen LogP contribution in [0.5, 0.6) is 0 Å². The summed E-state index contributed by atoms with van der Waals surface area (Å²) < 4.78 is 58.5. The van der Waals surface area contributed by atoms with E-state index in [0.717, 1.165) is 29.8 Å². The Hall–Kier alpha value is -3.52. The molecule has 0 atom stereocenters. The summed E-state index contributed by atoms with van der Waals surface area (Å²) in [6.07, 6.45) is 0. The zero-order valence-corrected chi connectivity index (χ0v) is 16.4. The minimum Gasteiger partial charge on any atom is -0.419 e. The average molecular weight is 426 g/mol. The zero-order valence-electron chi connectivity index (χ0n) is 15.5. The molecule has 0 unspecified atom stereocenters. The molecule has 4 aromatic rings. The van der Waals surface area contributed by atoms with Gasteiger partial charge in [0.05, 0.1) is 4.90 Å². The summed E-state index contributed by atoms with van der Waals surface area (Å²) in [5.41, 5.74) is 1.32. The quantitative estimate of drug-likeness (QED) is 0.436. The lowest BCUT2D eigenvalue weighted by Crippen LogP contribution is -2.07. The molecule has 0 bridgehead atoms. The van der Waals surface area contributed by atoms with Crippen LogP contribution in [0.15, 0.2) is 93.2 Å². The van der Waals surface area contributed by atoms with Gasteiger partial charge in [-0.15, -0.1) is 0 Å². The molecule has 0 aliphatic heterocycles. The van der Waals surface area contributed by atoms with Crippen LogP contribution in [0.4, 0.5) is 14.7 Å². The molecular weight excluding hydrogens is 410 g/mol. The van der Waals surface area contributed by atoms with Gasteiger partial charge in [-0.25, -0.2) is 17.2 Å². The molecule has 152 valence electrons. The standard InChI is InChI=1S/C22H16F2N2O3S/c23-17-8-6-16(7-9-17)20-26-22(30(27,28)19-12-10-18(24)11-13-19)21(29-20)25-14-15-4-2-1-3-5-15/h1-13,25H,14H2. The van der Waals surface area contributed by atoms with Gasteiger partial charge in [0.1, 0.15) is 11.6 Å². The monoisotopic (exact) mass is 426 g/mol. The Labute approximate surface area is 171 Å². The highest BCUT2D eigenvalue weighted by atomic mass is 32.2. The van der Waals surface area contributed by atoms with Crippen LogP contribution in [-0.4, -0.2) is 13.4 Å². The summed E-state index contributed by atoms with van der Waals surface area (Å²) in [6, 6.07) is 19.1. The van der Waals surface area contributed by atoms with Crippen molar-refractivity contribution < 1.29 is 21.6 Å². The highest BCUT2D eigenvalue weighted by molar-refractivity contribution is 7.91. The van der Waals surface area contributed by atoms with Crippen molar-refractivity contribution in [3.05, 3.63) is 96.1 Å². The molecule has 1 heterocycles. The van der Waals surface area contributed by atoms with Crippen LogP contribution < -0.4 is 5.32 Å². The Kier molecular flexibility index (Phi) is 5.33. The molecule has 0 fully saturated rings. The Morgan fingerprint density at radius 2 is 1.43 bits per heavy atom. The van der Waals surface area contributed by atoms with Gasteiger partial charge in [0.2, 0.25) is 26.6 Å². The molecule has 3 aromatic carbocycles. The minimum absolute atomic E-state index is 0.0197. The summed E-state index contributed by atoms with van der Waals surface area (Å²) >= 11 is 0. The van der Waals surface area contributed by atoms with Crippen LogP contribution in [0, 0.1) is 11.6 Å². The maximum Gasteiger partial charge on any atom is 0.234 e. The third-order valence-electron chi connectivity index (χ3n) is 4.36. The fraction of sp³-hybridized carbons (Fsp3) is 0.0455. The largest absolute Gasteiger partial charge is 0.419 e. The minimum atomic E-state index is -4.09. The van der Waals surface area contributed by atoms with Gasteiger partial charge in [-0.3, -0.25) is 0 Å². The highest BCUT2D eigenvalue weighted by Crippen LogP contribution is 2.32. The van der Waals surface area contributed by atoms with Crippen LogP contribution in [0.1, 0.15) is 5.56 Å². The molecule has 1 aromatic heterocycles. The number of nitrogens with zero attached hydrogens (tertiary/aromatic N) is 1. The topological polar surface area (TPSA) is 72.2 Å². The number of rotatable bonds is 6. The molecule has 1 N–H and O–H groups in total. The molecule has 0 radical (unpaired) electrons. The van der Waals surface area contributed by atoms with Crippen LogP contribution in [-0.2, 0) is 16.4 Å². The average Bonchev–Trinajstić information content (AvgIpc) is 3.19. The lowest BCUT2D eigenvalue weighted by molar-refractivity contribution is 0.576. The lowest BCUT2D eigenvalue weighted by Gasteiger charge is -2.06. The maximum absolute atomic E-state index is 13.3. The van der Waals surface area contributed by atoms with Crippen molar-refractivity contribution in [3.8, 4) is 11.5 Å². The molecule has 8 heteroatoms. The van der Waals surface area contributed by atoms with Gasteiger partial charge in [0, 0.05) is 12.1 Å². The second-order valence-electron chi connectivity index (χ2n) is 6.46. The summed E-state index contributed by atoms with van der Waals surface area (Å²) in [5, 5.41) is 2.63. The van der Waals surface area contributed by atoms with Crippen molar-refractivity contribution in [2.75, 3.05) is 5.32 Å². The van der Waals surface area contributed by atoms with Crippen molar-refractivity contribution in [3.63, 3.8) is 0 Å². The van der Waals surface area contributed by atoms with E-state index < -0.39 is 21.5 Å². The zero-order chi connectivity index (χ0) is 21.1. The summed E-state index contributed by atoms with van der Waals surface area (Å²) in [7, 11) is -4.09. The predicted molar refractivity (Wildman–Crippen MR) is 108 cm³/mol. The van der Waals surface area contributed by atoms with E-state index in [1.807, 2.05) is 30.3 Å². The summed E-state index contributed by atoms with van der Waals surface area (Å²) in [5.74, 6) is -1.02. The number of aromatic nitrogens is 1. The first kappa shape index (κ1) is 19.8. The first-order valence-corrected chi connectivity index (χ1v) is 10.5. The molecule has 5 nitrogen and oxygen atoms in total. The number of benzene rings is 3. The van der Waals surface area contributed by atoms with E-state index in [4.69, 9.17) is 4.42 Å². The third-order valence-corrected chi connectivity index (χ3v) is 6.04. The second kappa shape index (κ2) is 8.08. The fourth-order valence-corrected chi connectivity index (χ4v) is 4.10. The Morgan fingerprint density at radius 1 is 0.833 bits per heavy atom. The van der Waals surface area contributed by atoms with Gasteiger partial charge >= 0.3 is 0 Å². The number of anilines is 1. The molecule has 0 aliphatic rings. The normalized spacial score (nSPS) is 11.4. The number of hydrogen-bond acceptors (Lipinski definition) is 5. The van der Waals surface area contributed by atoms with Gasteiger partial charge in [-0.05, 0) is 54.1 Å².